The summed E-state index contributed by atoms with van der Waals surface area (Å²) < 4.78 is 1.55. The first-order valence-corrected chi connectivity index (χ1v) is 11.0. The predicted molar refractivity (Wildman–Crippen MR) is 127 cm³/mol. The van der Waals surface area contributed by atoms with Crippen molar-refractivity contribution in [3.8, 4) is 5.69 Å². The van der Waals surface area contributed by atoms with Crippen LogP contribution >= 0.6 is 11.8 Å². The van der Waals surface area contributed by atoms with Crippen LogP contribution in [0, 0.1) is 6.92 Å². The van der Waals surface area contributed by atoms with E-state index >= 15 is 0 Å². The number of hydrogen-bond acceptors (Lipinski definition) is 6. The van der Waals surface area contributed by atoms with Crippen LogP contribution in [-0.4, -0.2) is 31.9 Å². The number of benzene rings is 2. The average Bonchev–Trinajstić information content (AvgIpc) is 2.82. The number of thioether (sulfide) groups is 1. The van der Waals surface area contributed by atoms with Gasteiger partial charge in [0.25, 0.3) is 11.5 Å². The van der Waals surface area contributed by atoms with E-state index in [0.29, 0.717) is 27.5 Å². The van der Waals surface area contributed by atoms with Gasteiger partial charge in [-0.15, -0.1) is 0 Å². The number of aromatic nitrogens is 3. The third-order valence-corrected chi connectivity index (χ3v) is 5.75. The summed E-state index contributed by atoms with van der Waals surface area (Å²) in [6, 6.07) is 18.5. The molecule has 0 atom stereocenters. The molecule has 0 saturated carbocycles. The minimum atomic E-state index is -0.290. The van der Waals surface area contributed by atoms with Crippen molar-refractivity contribution in [2.75, 3.05) is 5.75 Å². The Labute approximate surface area is 189 Å². The number of fused-ring (bicyclic) bond motifs is 1. The molecule has 0 aliphatic carbocycles. The summed E-state index contributed by atoms with van der Waals surface area (Å²) in [5.74, 6) is -0.231. The van der Waals surface area contributed by atoms with Crippen LogP contribution in [-0.2, 0) is 4.79 Å². The summed E-state index contributed by atoms with van der Waals surface area (Å²) in [4.78, 5) is 34.3. The quantitative estimate of drug-likeness (QED) is 0.212. The Hall–Kier alpha value is -3.78. The van der Waals surface area contributed by atoms with Gasteiger partial charge in [0, 0.05) is 18.0 Å². The summed E-state index contributed by atoms with van der Waals surface area (Å²) in [7, 11) is 0. The molecule has 32 heavy (non-hydrogen) atoms. The monoisotopic (exact) mass is 443 g/mol. The van der Waals surface area contributed by atoms with Crippen molar-refractivity contribution in [2.24, 2.45) is 5.10 Å². The standard InChI is InChI=1S/C24H21N5O2S/c1-16-7-9-19(10-8-16)29-23(31)20-5-3-4-6-21(20)26-24(29)32-15-22(30)28-27-17(2)18-11-13-25-14-12-18/h3-14H,15H2,1-2H3,(H,28,30)/b27-17+. The van der Waals surface area contributed by atoms with Gasteiger partial charge >= 0.3 is 0 Å². The minimum Gasteiger partial charge on any atom is -0.272 e. The Morgan fingerprint density at radius 3 is 2.53 bits per heavy atom. The van der Waals surface area contributed by atoms with Crippen molar-refractivity contribution >= 4 is 34.3 Å². The van der Waals surface area contributed by atoms with E-state index in [9.17, 15) is 9.59 Å². The van der Waals surface area contributed by atoms with Crippen molar-refractivity contribution in [1.82, 2.24) is 20.0 Å². The van der Waals surface area contributed by atoms with E-state index in [4.69, 9.17) is 0 Å². The third-order valence-electron chi connectivity index (χ3n) is 4.82. The van der Waals surface area contributed by atoms with Crippen molar-refractivity contribution < 1.29 is 4.79 Å². The number of hydrazone groups is 1. The molecule has 1 amide bonds. The van der Waals surface area contributed by atoms with Gasteiger partial charge in [-0.1, -0.05) is 41.6 Å². The SMILES string of the molecule is C/C(=N\NC(=O)CSc1nc2ccccc2c(=O)n1-c1ccc(C)cc1)c1ccncc1. The van der Waals surface area contributed by atoms with Crippen LogP contribution in [0.5, 0.6) is 0 Å². The van der Waals surface area contributed by atoms with Crippen LogP contribution in [0.1, 0.15) is 18.1 Å². The van der Waals surface area contributed by atoms with Gasteiger partial charge in [0.05, 0.1) is 28.1 Å². The topological polar surface area (TPSA) is 89.2 Å². The molecule has 0 radical (unpaired) electrons. The van der Waals surface area contributed by atoms with Crippen LogP contribution in [0.4, 0.5) is 0 Å². The third kappa shape index (κ3) is 4.76. The highest BCUT2D eigenvalue weighted by Gasteiger charge is 2.14. The van der Waals surface area contributed by atoms with Crippen molar-refractivity contribution in [1.29, 1.82) is 0 Å². The zero-order valence-corrected chi connectivity index (χ0v) is 18.5. The zero-order valence-electron chi connectivity index (χ0n) is 17.6. The minimum absolute atomic E-state index is 0.0593. The number of rotatable bonds is 6. The molecule has 0 spiro atoms. The normalized spacial score (nSPS) is 11.5. The van der Waals surface area contributed by atoms with Crippen LogP contribution in [0.2, 0.25) is 0 Å². The number of para-hydroxylation sites is 1. The van der Waals surface area contributed by atoms with Crippen LogP contribution < -0.4 is 11.0 Å². The molecule has 0 unspecified atom stereocenters. The molecule has 0 aliphatic rings. The Morgan fingerprint density at radius 1 is 1.06 bits per heavy atom. The maximum atomic E-state index is 13.2. The lowest BCUT2D eigenvalue weighted by atomic mass is 10.2. The first-order chi connectivity index (χ1) is 15.5. The molecule has 0 fully saturated rings. The van der Waals surface area contributed by atoms with E-state index in [1.165, 1.54) is 11.8 Å². The van der Waals surface area contributed by atoms with E-state index < -0.39 is 0 Å². The van der Waals surface area contributed by atoms with Crippen molar-refractivity contribution in [3.63, 3.8) is 0 Å². The Kier molecular flexibility index (Phi) is 6.42. The fraction of sp³-hybridized carbons (Fsp3) is 0.125. The highest BCUT2D eigenvalue weighted by atomic mass is 32.2. The largest absolute Gasteiger partial charge is 0.272 e. The number of carbonyl (C=O) groups is 1. The van der Waals surface area contributed by atoms with Crippen LogP contribution in [0.3, 0.4) is 0 Å². The highest BCUT2D eigenvalue weighted by Crippen LogP contribution is 2.21. The lowest BCUT2D eigenvalue weighted by Crippen LogP contribution is -2.24. The van der Waals surface area contributed by atoms with Gasteiger partial charge in [0.15, 0.2) is 5.16 Å². The Balaban J connectivity index is 1.59. The Morgan fingerprint density at radius 2 is 1.78 bits per heavy atom. The van der Waals surface area contributed by atoms with Gasteiger partial charge in [-0.2, -0.15) is 5.10 Å². The molecule has 0 saturated heterocycles. The molecule has 0 bridgehead atoms. The van der Waals surface area contributed by atoms with Crippen molar-refractivity contribution in [2.45, 2.75) is 19.0 Å². The molecule has 1 N–H and O–H groups in total. The van der Waals surface area contributed by atoms with Gasteiger partial charge in [-0.05, 0) is 50.2 Å². The number of nitrogens with zero attached hydrogens (tertiary/aromatic N) is 4. The van der Waals surface area contributed by atoms with E-state index in [0.717, 1.165) is 11.1 Å². The average molecular weight is 444 g/mol. The molecule has 2 heterocycles. The lowest BCUT2D eigenvalue weighted by Gasteiger charge is -2.13. The first-order valence-electron chi connectivity index (χ1n) is 9.98. The van der Waals surface area contributed by atoms with Gasteiger partial charge in [-0.25, -0.2) is 10.4 Å². The molecule has 8 heteroatoms. The molecular weight excluding hydrogens is 422 g/mol. The Bertz CT molecular complexity index is 1350. The number of carbonyl (C=O) groups excluding carboxylic acids is 1. The number of hydrogen-bond donors (Lipinski definition) is 1. The van der Waals surface area contributed by atoms with E-state index in [-0.39, 0.29) is 17.2 Å². The number of pyridine rings is 1. The summed E-state index contributed by atoms with van der Waals surface area (Å²) in [6.07, 6.45) is 3.34. The first kappa shape index (κ1) is 21.5. The molecule has 7 nitrogen and oxygen atoms in total. The molecule has 2 aromatic carbocycles. The highest BCUT2D eigenvalue weighted by molar-refractivity contribution is 7.99. The van der Waals surface area contributed by atoms with Gasteiger partial charge in [-0.3, -0.25) is 19.1 Å². The maximum absolute atomic E-state index is 13.2. The van der Waals surface area contributed by atoms with E-state index in [2.05, 4.69) is 20.5 Å². The maximum Gasteiger partial charge on any atom is 0.266 e. The predicted octanol–water partition coefficient (Wildman–Crippen LogP) is 3.72. The molecule has 160 valence electrons. The summed E-state index contributed by atoms with van der Waals surface area (Å²) in [5, 5.41) is 5.13. The molecular formula is C24H21N5O2S. The second kappa shape index (κ2) is 9.57. The zero-order chi connectivity index (χ0) is 22.5. The van der Waals surface area contributed by atoms with E-state index in [1.807, 2.05) is 62.4 Å². The van der Waals surface area contributed by atoms with Gasteiger partial charge in [0.2, 0.25) is 0 Å². The lowest BCUT2D eigenvalue weighted by molar-refractivity contribution is -0.118. The molecule has 4 rings (SSSR count). The van der Waals surface area contributed by atoms with Gasteiger partial charge < -0.3 is 0 Å². The molecule has 4 aromatic rings. The van der Waals surface area contributed by atoms with Crippen LogP contribution in [0.15, 0.2) is 88.1 Å². The fourth-order valence-corrected chi connectivity index (χ4v) is 3.90. The molecule has 2 aromatic heterocycles. The smallest absolute Gasteiger partial charge is 0.266 e. The summed E-state index contributed by atoms with van der Waals surface area (Å²) >= 11 is 1.19. The number of amides is 1. The fourth-order valence-electron chi connectivity index (χ4n) is 3.10. The van der Waals surface area contributed by atoms with Gasteiger partial charge in [0.1, 0.15) is 0 Å². The number of nitrogens with one attached hydrogen (secondary N) is 1. The second-order valence-corrected chi connectivity index (χ2v) is 8.09. The van der Waals surface area contributed by atoms with Crippen LogP contribution in [0.25, 0.3) is 16.6 Å². The second-order valence-electron chi connectivity index (χ2n) is 7.14. The van der Waals surface area contributed by atoms with Crippen molar-refractivity contribution in [3.05, 3.63) is 94.5 Å². The van der Waals surface area contributed by atoms with E-state index in [1.54, 1.807) is 29.1 Å². The number of aryl methyl sites for hydroxylation is 1. The summed E-state index contributed by atoms with van der Waals surface area (Å²) in [6.45, 7) is 3.79. The molecule has 0 aliphatic heterocycles. The summed E-state index contributed by atoms with van der Waals surface area (Å²) in [5.41, 5.74) is 6.32.